The van der Waals surface area contributed by atoms with E-state index in [4.69, 9.17) is 16.7 Å². The Labute approximate surface area is 156 Å². The van der Waals surface area contributed by atoms with Crippen molar-refractivity contribution >= 4 is 51.8 Å². The van der Waals surface area contributed by atoms with Crippen LogP contribution in [0.25, 0.3) is 10.9 Å². The zero-order valence-electron chi connectivity index (χ0n) is 13.2. The predicted molar refractivity (Wildman–Crippen MR) is 100 cm³/mol. The summed E-state index contributed by atoms with van der Waals surface area (Å²) < 4.78 is 0. The lowest BCUT2D eigenvalue weighted by Gasteiger charge is -2.07. The number of aromatic nitrogens is 2. The van der Waals surface area contributed by atoms with Crippen LogP contribution < -0.4 is 10.9 Å². The Morgan fingerprint density at radius 2 is 2.00 bits per heavy atom. The van der Waals surface area contributed by atoms with Crippen molar-refractivity contribution in [2.75, 3.05) is 11.1 Å². The number of benzene rings is 2. The van der Waals surface area contributed by atoms with Crippen molar-refractivity contribution in [1.29, 1.82) is 0 Å². The third-order valence-electron chi connectivity index (χ3n) is 3.41. The fraction of sp³-hybridized carbons (Fsp3) is 0.0588. The van der Waals surface area contributed by atoms with Crippen molar-refractivity contribution in [1.82, 2.24) is 9.97 Å². The van der Waals surface area contributed by atoms with Crippen LogP contribution in [0, 0.1) is 0 Å². The van der Waals surface area contributed by atoms with Crippen LogP contribution in [0.1, 0.15) is 10.4 Å². The van der Waals surface area contributed by atoms with Crippen LogP contribution in [0.2, 0.25) is 5.02 Å². The number of anilines is 1. The number of aromatic amines is 1. The van der Waals surface area contributed by atoms with Gasteiger partial charge in [0, 0.05) is 5.69 Å². The first-order valence-electron chi connectivity index (χ1n) is 7.38. The number of fused-ring (bicyclic) bond motifs is 1. The Morgan fingerprint density at radius 1 is 1.23 bits per heavy atom. The second-order valence-corrected chi connectivity index (χ2v) is 6.60. The SMILES string of the molecule is O=C(CSc1nc2ccccc2c(=O)[nH]1)Nc1ccc(Cl)c(C(=O)O)c1. The van der Waals surface area contributed by atoms with Crippen molar-refractivity contribution in [3.63, 3.8) is 0 Å². The molecule has 0 aliphatic rings. The normalized spacial score (nSPS) is 10.7. The number of carbonyl (C=O) groups is 2. The van der Waals surface area contributed by atoms with E-state index in [1.165, 1.54) is 18.2 Å². The molecule has 0 aliphatic carbocycles. The van der Waals surface area contributed by atoms with Gasteiger partial charge in [0.15, 0.2) is 5.16 Å². The third-order valence-corrected chi connectivity index (χ3v) is 4.61. The van der Waals surface area contributed by atoms with Crippen LogP contribution in [0.5, 0.6) is 0 Å². The van der Waals surface area contributed by atoms with Crippen molar-refractivity contribution in [3.8, 4) is 0 Å². The highest BCUT2D eigenvalue weighted by atomic mass is 35.5. The molecule has 7 nitrogen and oxygen atoms in total. The number of aromatic carboxylic acids is 1. The second-order valence-electron chi connectivity index (χ2n) is 5.22. The number of nitrogens with one attached hydrogen (secondary N) is 2. The van der Waals surface area contributed by atoms with Gasteiger partial charge in [-0.05, 0) is 30.3 Å². The molecule has 1 amide bonds. The Bertz CT molecular complexity index is 1070. The molecule has 0 bridgehead atoms. The number of H-pyrrole nitrogens is 1. The summed E-state index contributed by atoms with van der Waals surface area (Å²) in [5.74, 6) is -1.56. The third kappa shape index (κ3) is 4.04. The van der Waals surface area contributed by atoms with Gasteiger partial charge < -0.3 is 15.4 Å². The number of carboxylic acids is 1. The number of hydrogen-bond acceptors (Lipinski definition) is 5. The summed E-state index contributed by atoms with van der Waals surface area (Å²) >= 11 is 6.86. The fourth-order valence-electron chi connectivity index (χ4n) is 2.23. The van der Waals surface area contributed by atoms with Gasteiger partial charge in [-0.2, -0.15) is 0 Å². The lowest BCUT2D eigenvalue weighted by Crippen LogP contribution is -2.16. The van der Waals surface area contributed by atoms with E-state index >= 15 is 0 Å². The summed E-state index contributed by atoms with van der Waals surface area (Å²) in [4.78, 5) is 42.0. The van der Waals surface area contributed by atoms with Gasteiger partial charge in [-0.3, -0.25) is 9.59 Å². The molecule has 1 aromatic heterocycles. The lowest BCUT2D eigenvalue weighted by atomic mass is 10.2. The van der Waals surface area contributed by atoms with Crippen LogP contribution in [-0.4, -0.2) is 32.7 Å². The Kier molecular flexibility index (Phi) is 5.24. The maximum absolute atomic E-state index is 12.1. The van der Waals surface area contributed by atoms with Crippen LogP contribution in [-0.2, 0) is 4.79 Å². The number of amides is 1. The first kappa shape index (κ1) is 18.0. The summed E-state index contributed by atoms with van der Waals surface area (Å²) in [5.41, 5.74) is 0.486. The van der Waals surface area contributed by atoms with Crippen molar-refractivity contribution in [2.45, 2.75) is 5.16 Å². The maximum Gasteiger partial charge on any atom is 0.337 e. The Morgan fingerprint density at radius 3 is 2.77 bits per heavy atom. The summed E-state index contributed by atoms with van der Waals surface area (Å²) in [6.07, 6.45) is 0. The molecular weight excluding hydrogens is 378 g/mol. The van der Waals surface area contributed by atoms with E-state index in [1.807, 2.05) is 0 Å². The van der Waals surface area contributed by atoms with Crippen molar-refractivity contribution < 1.29 is 14.7 Å². The van der Waals surface area contributed by atoms with Crippen molar-refractivity contribution in [3.05, 3.63) is 63.4 Å². The van der Waals surface area contributed by atoms with Gasteiger partial charge in [0.25, 0.3) is 5.56 Å². The average Bonchev–Trinajstić information content (AvgIpc) is 2.61. The molecular formula is C17H12ClN3O4S. The van der Waals surface area contributed by atoms with Crippen LogP contribution in [0.4, 0.5) is 5.69 Å². The molecule has 0 fully saturated rings. The van der Waals surface area contributed by atoms with Crippen LogP contribution in [0.3, 0.4) is 0 Å². The lowest BCUT2D eigenvalue weighted by molar-refractivity contribution is -0.113. The fourth-order valence-corrected chi connectivity index (χ4v) is 3.10. The summed E-state index contributed by atoms with van der Waals surface area (Å²) in [5, 5.41) is 12.5. The number of thioether (sulfide) groups is 1. The molecule has 3 aromatic rings. The quantitative estimate of drug-likeness (QED) is 0.456. The zero-order chi connectivity index (χ0) is 18.7. The highest BCUT2D eigenvalue weighted by Crippen LogP contribution is 2.21. The molecule has 0 saturated heterocycles. The number of carbonyl (C=O) groups excluding carboxylic acids is 1. The van der Waals surface area contributed by atoms with Gasteiger partial charge in [0.1, 0.15) is 0 Å². The van der Waals surface area contributed by atoms with E-state index < -0.39 is 5.97 Å². The molecule has 0 saturated carbocycles. The average molecular weight is 390 g/mol. The molecule has 26 heavy (non-hydrogen) atoms. The van der Waals surface area contributed by atoms with Gasteiger partial charge in [-0.15, -0.1) is 0 Å². The number of halogens is 1. The van der Waals surface area contributed by atoms with Crippen LogP contribution in [0.15, 0.2) is 52.4 Å². The van der Waals surface area contributed by atoms with Crippen molar-refractivity contribution in [2.24, 2.45) is 0 Å². The van der Waals surface area contributed by atoms with Gasteiger partial charge in [-0.25, -0.2) is 9.78 Å². The number of nitrogens with zero attached hydrogens (tertiary/aromatic N) is 1. The number of rotatable bonds is 5. The summed E-state index contributed by atoms with van der Waals surface area (Å²) in [6.45, 7) is 0. The van der Waals surface area contributed by atoms with E-state index in [2.05, 4.69) is 15.3 Å². The highest BCUT2D eigenvalue weighted by molar-refractivity contribution is 7.99. The minimum Gasteiger partial charge on any atom is -0.478 e. The monoisotopic (exact) mass is 389 g/mol. The summed E-state index contributed by atoms with van der Waals surface area (Å²) in [7, 11) is 0. The van der Waals surface area contributed by atoms with Gasteiger partial charge in [0.2, 0.25) is 5.91 Å². The molecule has 0 unspecified atom stereocenters. The smallest absolute Gasteiger partial charge is 0.337 e. The minimum absolute atomic E-state index is 0.00763. The summed E-state index contributed by atoms with van der Waals surface area (Å²) in [6, 6.07) is 11.1. The van der Waals surface area contributed by atoms with Crippen LogP contribution >= 0.6 is 23.4 Å². The topological polar surface area (TPSA) is 112 Å². The Hall–Kier alpha value is -2.84. The van der Waals surface area contributed by atoms with E-state index in [1.54, 1.807) is 24.3 Å². The maximum atomic E-state index is 12.1. The standard InChI is InChI=1S/C17H12ClN3O4S/c18-12-6-5-9(7-11(12)16(24)25)19-14(22)8-26-17-20-13-4-2-1-3-10(13)15(23)21-17/h1-7H,8H2,(H,19,22)(H,24,25)(H,20,21,23). The predicted octanol–water partition coefficient (Wildman–Crippen LogP) is 3.01. The number of hydrogen-bond donors (Lipinski definition) is 3. The zero-order valence-corrected chi connectivity index (χ0v) is 14.7. The first-order chi connectivity index (χ1) is 12.4. The van der Waals surface area contributed by atoms with E-state index in [-0.39, 0.29) is 27.8 Å². The highest BCUT2D eigenvalue weighted by Gasteiger charge is 2.12. The van der Waals surface area contributed by atoms with E-state index in [0.717, 1.165) is 11.8 Å². The molecule has 0 atom stereocenters. The molecule has 2 aromatic carbocycles. The van der Waals surface area contributed by atoms with E-state index in [0.29, 0.717) is 21.7 Å². The van der Waals surface area contributed by atoms with E-state index in [9.17, 15) is 14.4 Å². The second kappa shape index (κ2) is 7.59. The largest absolute Gasteiger partial charge is 0.478 e. The molecule has 1 heterocycles. The van der Waals surface area contributed by atoms with Gasteiger partial charge >= 0.3 is 5.97 Å². The molecule has 132 valence electrons. The van der Waals surface area contributed by atoms with Gasteiger partial charge in [0.05, 0.1) is 27.2 Å². The molecule has 3 rings (SSSR count). The van der Waals surface area contributed by atoms with Gasteiger partial charge in [-0.1, -0.05) is 35.5 Å². The number of para-hydroxylation sites is 1. The molecule has 0 radical (unpaired) electrons. The Balaban J connectivity index is 1.69. The first-order valence-corrected chi connectivity index (χ1v) is 8.75. The minimum atomic E-state index is -1.18. The molecule has 9 heteroatoms. The number of carboxylic acid groups (broad SMARTS) is 1. The molecule has 3 N–H and O–H groups in total. The molecule has 0 spiro atoms. The molecule has 0 aliphatic heterocycles.